The Kier molecular flexibility index (Phi) is 4.58. The van der Waals surface area contributed by atoms with Gasteiger partial charge in [0, 0.05) is 12.5 Å². The van der Waals surface area contributed by atoms with E-state index >= 15 is 0 Å². The van der Waals surface area contributed by atoms with Crippen LogP contribution in [-0.2, 0) is 6.42 Å². The Morgan fingerprint density at radius 3 is 2.53 bits per heavy atom. The molecule has 1 unspecified atom stereocenters. The highest BCUT2D eigenvalue weighted by Gasteiger charge is 2.12. The maximum absolute atomic E-state index is 10.1. The Labute approximate surface area is 121 Å². The number of benzene rings is 1. The maximum atomic E-state index is 10.1. The SMILES string of the molecule is COc1ccc(C(O)Cc2ccc(Cl)c(Cl)c2)nn1. The van der Waals surface area contributed by atoms with Crippen LogP contribution >= 0.6 is 23.2 Å². The van der Waals surface area contributed by atoms with Crippen LogP contribution in [0.5, 0.6) is 5.88 Å². The Morgan fingerprint density at radius 1 is 1.16 bits per heavy atom. The predicted octanol–water partition coefficient (Wildman–Crippen LogP) is 3.07. The molecular formula is C13H12Cl2N2O2. The van der Waals surface area contributed by atoms with Crippen molar-refractivity contribution in [2.24, 2.45) is 0 Å². The summed E-state index contributed by atoms with van der Waals surface area (Å²) < 4.78 is 4.91. The lowest BCUT2D eigenvalue weighted by Crippen LogP contribution is -2.05. The van der Waals surface area contributed by atoms with Crippen LogP contribution in [-0.4, -0.2) is 22.4 Å². The summed E-state index contributed by atoms with van der Waals surface area (Å²) in [4.78, 5) is 0. The molecule has 4 nitrogen and oxygen atoms in total. The summed E-state index contributed by atoms with van der Waals surface area (Å²) in [6.07, 6.45) is -0.367. The Balaban J connectivity index is 2.10. The molecule has 1 N–H and O–H groups in total. The van der Waals surface area contributed by atoms with E-state index in [2.05, 4.69) is 10.2 Å². The van der Waals surface area contributed by atoms with Gasteiger partial charge in [0.1, 0.15) is 6.10 Å². The van der Waals surface area contributed by atoms with E-state index in [4.69, 9.17) is 27.9 Å². The first-order valence-electron chi connectivity index (χ1n) is 5.59. The lowest BCUT2D eigenvalue weighted by Gasteiger charge is -2.10. The summed E-state index contributed by atoms with van der Waals surface area (Å²) in [5, 5.41) is 18.7. The van der Waals surface area contributed by atoms with Gasteiger partial charge in [-0.15, -0.1) is 10.2 Å². The molecule has 0 spiro atoms. The molecule has 0 aliphatic carbocycles. The molecule has 0 saturated heterocycles. The van der Waals surface area contributed by atoms with Gasteiger partial charge in [-0.1, -0.05) is 29.3 Å². The van der Waals surface area contributed by atoms with Crippen LogP contribution in [0.25, 0.3) is 0 Å². The van der Waals surface area contributed by atoms with Crippen molar-refractivity contribution in [3.05, 3.63) is 51.6 Å². The van der Waals surface area contributed by atoms with E-state index in [1.807, 2.05) is 6.07 Å². The van der Waals surface area contributed by atoms with E-state index in [1.54, 1.807) is 24.3 Å². The molecule has 0 amide bonds. The van der Waals surface area contributed by atoms with Crippen molar-refractivity contribution in [1.82, 2.24) is 10.2 Å². The fraction of sp³-hybridized carbons (Fsp3) is 0.231. The van der Waals surface area contributed by atoms with Crippen LogP contribution in [0.1, 0.15) is 17.4 Å². The average molecular weight is 299 g/mol. The molecule has 2 aromatic rings. The fourth-order valence-electron chi connectivity index (χ4n) is 1.61. The van der Waals surface area contributed by atoms with Crippen molar-refractivity contribution in [2.75, 3.05) is 7.11 Å². The number of halogens is 2. The van der Waals surface area contributed by atoms with Crippen molar-refractivity contribution in [3.63, 3.8) is 0 Å². The van der Waals surface area contributed by atoms with Gasteiger partial charge in [0.25, 0.3) is 0 Å². The first-order chi connectivity index (χ1) is 9.10. The first-order valence-corrected chi connectivity index (χ1v) is 6.35. The van der Waals surface area contributed by atoms with Crippen LogP contribution in [0.2, 0.25) is 10.0 Å². The van der Waals surface area contributed by atoms with E-state index in [0.717, 1.165) is 5.56 Å². The van der Waals surface area contributed by atoms with Crippen molar-refractivity contribution in [3.8, 4) is 5.88 Å². The number of hydrogen-bond donors (Lipinski definition) is 1. The Bertz CT molecular complexity index is 561. The molecule has 1 atom stereocenters. The highest BCUT2D eigenvalue weighted by atomic mass is 35.5. The second-order valence-electron chi connectivity index (χ2n) is 3.97. The van der Waals surface area contributed by atoms with Gasteiger partial charge in [-0.3, -0.25) is 0 Å². The van der Waals surface area contributed by atoms with Crippen LogP contribution < -0.4 is 4.74 Å². The normalized spacial score (nSPS) is 12.2. The zero-order valence-corrected chi connectivity index (χ0v) is 11.7. The number of hydrogen-bond acceptors (Lipinski definition) is 4. The molecular weight excluding hydrogens is 287 g/mol. The third-order valence-corrected chi connectivity index (χ3v) is 3.36. The number of rotatable bonds is 4. The Hall–Kier alpha value is -1.36. The van der Waals surface area contributed by atoms with Gasteiger partial charge in [0.05, 0.1) is 22.8 Å². The molecule has 0 radical (unpaired) electrons. The number of ether oxygens (including phenoxy) is 1. The summed E-state index contributed by atoms with van der Waals surface area (Å²) in [5.41, 5.74) is 1.35. The lowest BCUT2D eigenvalue weighted by molar-refractivity contribution is 0.172. The van der Waals surface area contributed by atoms with Gasteiger partial charge in [0.15, 0.2) is 0 Å². The summed E-state index contributed by atoms with van der Waals surface area (Å²) >= 11 is 11.8. The molecule has 0 saturated carbocycles. The van der Waals surface area contributed by atoms with Crippen molar-refractivity contribution in [2.45, 2.75) is 12.5 Å². The van der Waals surface area contributed by atoms with Crippen LogP contribution in [0.4, 0.5) is 0 Å². The molecule has 0 aliphatic rings. The third-order valence-electron chi connectivity index (χ3n) is 2.62. The van der Waals surface area contributed by atoms with Gasteiger partial charge in [0.2, 0.25) is 5.88 Å². The highest BCUT2D eigenvalue weighted by Crippen LogP contribution is 2.25. The molecule has 0 bridgehead atoms. The van der Waals surface area contributed by atoms with Crippen molar-refractivity contribution < 1.29 is 9.84 Å². The highest BCUT2D eigenvalue weighted by molar-refractivity contribution is 6.42. The molecule has 2 rings (SSSR count). The molecule has 1 aromatic carbocycles. The van der Waals surface area contributed by atoms with Gasteiger partial charge in [-0.2, -0.15) is 0 Å². The molecule has 1 aromatic heterocycles. The summed E-state index contributed by atoms with van der Waals surface area (Å²) in [6, 6.07) is 8.57. The molecule has 100 valence electrons. The lowest BCUT2D eigenvalue weighted by atomic mass is 10.1. The van der Waals surface area contributed by atoms with Crippen LogP contribution in [0, 0.1) is 0 Å². The number of aromatic nitrogens is 2. The van der Waals surface area contributed by atoms with Crippen LogP contribution in [0.3, 0.4) is 0 Å². The molecule has 19 heavy (non-hydrogen) atoms. The zero-order valence-electron chi connectivity index (χ0n) is 10.2. The summed E-state index contributed by atoms with van der Waals surface area (Å²) in [5.74, 6) is 0.408. The summed E-state index contributed by atoms with van der Waals surface area (Å²) in [6.45, 7) is 0. The standard InChI is InChI=1S/C13H12Cl2N2O2/c1-19-13-5-4-11(16-17-13)12(18)7-8-2-3-9(14)10(15)6-8/h2-6,12,18H,7H2,1H3. The zero-order chi connectivity index (χ0) is 13.8. The fourth-order valence-corrected chi connectivity index (χ4v) is 1.93. The minimum Gasteiger partial charge on any atom is -0.480 e. The van der Waals surface area contributed by atoms with Gasteiger partial charge in [-0.25, -0.2) is 0 Å². The number of nitrogens with zero attached hydrogens (tertiary/aromatic N) is 2. The minimum atomic E-state index is -0.754. The quantitative estimate of drug-likeness (QED) is 0.942. The van der Waals surface area contributed by atoms with Crippen molar-refractivity contribution in [1.29, 1.82) is 0 Å². The van der Waals surface area contributed by atoms with Gasteiger partial charge < -0.3 is 9.84 Å². The maximum Gasteiger partial charge on any atom is 0.233 e. The Morgan fingerprint density at radius 2 is 1.95 bits per heavy atom. The number of aliphatic hydroxyl groups excluding tert-OH is 1. The topological polar surface area (TPSA) is 55.2 Å². The first kappa shape index (κ1) is 14.1. The van der Waals surface area contributed by atoms with E-state index in [-0.39, 0.29) is 0 Å². The molecule has 1 heterocycles. The van der Waals surface area contributed by atoms with Crippen LogP contribution in [0.15, 0.2) is 30.3 Å². The number of aliphatic hydroxyl groups is 1. The molecule has 0 aliphatic heterocycles. The van der Waals surface area contributed by atoms with E-state index in [1.165, 1.54) is 7.11 Å². The summed E-state index contributed by atoms with van der Waals surface area (Å²) in [7, 11) is 1.51. The second kappa shape index (κ2) is 6.19. The van der Waals surface area contributed by atoms with Crippen molar-refractivity contribution >= 4 is 23.2 Å². The van der Waals surface area contributed by atoms with Gasteiger partial charge >= 0.3 is 0 Å². The van der Waals surface area contributed by atoms with E-state index in [0.29, 0.717) is 28.0 Å². The monoisotopic (exact) mass is 298 g/mol. The number of methoxy groups -OCH3 is 1. The second-order valence-corrected chi connectivity index (χ2v) is 4.78. The molecule has 0 fully saturated rings. The van der Waals surface area contributed by atoms with Gasteiger partial charge in [-0.05, 0) is 23.8 Å². The van der Waals surface area contributed by atoms with E-state index < -0.39 is 6.10 Å². The third kappa shape index (κ3) is 3.56. The largest absolute Gasteiger partial charge is 0.480 e. The smallest absolute Gasteiger partial charge is 0.233 e. The minimum absolute atomic E-state index is 0.387. The predicted molar refractivity (Wildman–Crippen MR) is 73.7 cm³/mol. The van der Waals surface area contributed by atoms with E-state index in [9.17, 15) is 5.11 Å². The molecule has 6 heteroatoms. The average Bonchev–Trinajstić information content (AvgIpc) is 2.43.